The minimum absolute atomic E-state index is 0.268. The molecule has 0 aliphatic rings. The SMILES string of the molecule is COc1ccc2nc3sc(C(=O)Nc4nonc4C)c(N)c3cc2c1. The first-order valence-electron chi connectivity index (χ1n) is 7.34. The number of nitrogens with one attached hydrogen (secondary N) is 1. The fourth-order valence-corrected chi connectivity index (χ4v) is 3.47. The molecule has 3 heterocycles. The number of hydrogen-bond donors (Lipinski definition) is 2. The number of benzene rings is 1. The normalized spacial score (nSPS) is 11.1. The third kappa shape index (κ3) is 2.54. The Hall–Kier alpha value is -3.20. The van der Waals surface area contributed by atoms with Gasteiger partial charge >= 0.3 is 0 Å². The Morgan fingerprint density at radius 2 is 2.16 bits per heavy atom. The molecule has 0 spiro atoms. The molecule has 3 N–H and O–H groups in total. The second-order valence-electron chi connectivity index (χ2n) is 5.40. The molecule has 1 aromatic carbocycles. The zero-order valence-corrected chi connectivity index (χ0v) is 14.2. The number of nitrogens with two attached hydrogens (primary N) is 1. The number of fused-ring (bicyclic) bond motifs is 2. The number of carbonyl (C=O) groups is 1. The molecule has 9 heteroatoms. The first-order valence-corrected chi connectivity index (χ1v) is 8.15. The van der Waals surface area contributed by atoms with Gasteiger partial charge in [-0.1, -0.05) is 5.16 Å². The second-order valence-corrected chi connectivity index (χ2v) is 6.40. The Balaban J connectivity index is 1.79. The van der Waals surface area contributed by atoms with Crippen LogP contribution in [0.25, 0.3) is 21.1 Å². The summed E-state index contributed by atoms with van der Waals surface area (Å²) in [5.74, 6) is 0.625. The number of pyridine rings is 1. The Morgan fingerprint density at radius 3 is 2.88 bits per heavy atom. The highest BCUT2D eigenvalue weighted by molar-refractivity contribution is 7.21. The zero-order chi connectivity index (χ0) is 17.6. The highest BCUT2D eigenvalue weighted by Gasteiger charge is 2.20. The molecule has 0 aliphatic heterocycles. The number of hydrogen-bond acceptors (Lipinski definition) is 8. The lowest BCUT2D eigenvalue weighted by Crippen LogP contribution is -2.12. The average Bonchev–Trinajstić information content (AvgIpc) is 3.16. The molecular weight excluding hydrogens is 342 g/mol. The summed E-state index contributed by atoms with van der Waals surface area (Å²) in [6.45, 7) is 1.68. The molecule has 4 aromatic rings. The largest absolute Gasteiger partial charge is 0.497 e. The van der Waals surface area contributed by atoms with Gasteiger partial charge < -0.3 is 15.8 Å². The predicted octanol–water partition coefficient (Wildman–Crippen LogP) is 2.98. The van der Waals surface area contributed by atoms with Gasteiger partial charge in [0.05, 0.1) is 18.3 Å². The number of methoxy groups -OCH3 is 1. The van der Waals surface area contributed by atoms with E-state index in [-0.39, 0.29) is 11.7 Å². The van der Waals surface area contributed by atoms with Crippen molar-refractivity contribution in [1.29, 1.82) is 0 Å². The molecule has 0 fully saturated rings. The van der Waals surface area contributed by atoms with Crippen LogP contribution in [0.4, 0.5) is 11.5 Å². The quantitative estimate of drug-likeness (QED) is 0.580. The summed E-state index contributed by atoms with van der Waals surface area (Å²) in [6, 6.07) is 7.49. The third-order valence-corrected chi connectivity index (χ3v) is 4.93. The van der Waals surface area contributed by atoms with E-state index in [1.165, 1.54) is 11.3 Å². The number of thiophene rings is 1. The Labute approximate surface area is 145 Å². The molecule has 3 aromatic heterocycles. The number of carbonyl (C=O) groups excluding carboxylic acids is 1. The van der Waals surface area contributed by atoms with Crippen LogP contribution in [0.1, 0.15) is 15.4 Å². The van der Waals surface area contributed by atoms with Crippen LogP contribution in [0, 0.1) is 6.92 Å². The summed E-state index contributed by atoms with van der Waals surface area (Å²) >= 11 is 1.23. The van der Waals surface area contributed by atoms with Crippen molar-refractivity contribution < 1.29 is 14.2 Å². The molecule has 0 bridgehead atoms. The number of aromatic nitrogens is 3. The fraction of sp³-hybridized carbons (Fsp3) is 0.125. The van der Waals surface area contributed by atoms with E-state index in [1.807, 2.05) is 24.3 Å². The van der Waals surface area contributed by atoms with Crippen molar-refractivity contribution >= 4 is 49.9 Å². The summed E-state index contributed by atoms with van der Waals surface area (Å²) in [4.78, 5) is 18.2. The van der Waals surface area contributed by atoms with E-state index in [2.05, 4.69) is 25.2 Å². The third-order valence-electron chi connectivity index (χ3n) is 3.81. The monoisotopic (exact) mass is 355 g/mol. The molecule has 1 amide bonds. The van der Waals surface area contributed by atoms with E-state index in [1.54, 1.807) is 14.0 Å². The fourth-order valence-electron chi connectivity index (χ4n) is 2.49. The maximum absolute atomic E-state index is 12.5. The van der Waals surface area contributed by atoms with Crippen LogP contribution < -0.4 is 15.8 Å². The highest BCUT2D eigenvalue weighted by atomic mass is 32.1. The van der Waals surface area contributed by atoms with E-state index in [0.29, 0.717) is 21.1 Å². The standard InChI is InChI=1S/C16H13N5O3S/c1-7-14(21-24-20-7)19-15(22)13-12(17)10-6-8-5-9(23-2)3-4-11(8)18-16(10)25-13/h3-6H,17H2,1-2H3,(H,19,21,22). The van der Waals surface area contributed by atoms with Crippen LogP contribution in [-0.4, -0.2) is 28.3 Å². The van der Waals surface area contributed by atoms with Gasteiger partial charge in [-0.2, -0.15) is 0 Å². The lowest BCUT2D eigenvalue weighted by molar-refractivity contribution is 0.103. The molecule has 8 nitrogen and oxygen atoms in total. The van der Waals surface area contributed by atoms with Gasteiger partial charge in [-0.15, -0.1) is 11.3 Å². The molecule has 25 heavy (non-hydrogen) atoms. The molecule has 0 unspecified atom stereocenters. The van der Waals surface area contributed by atoms with E-state index < -0.39 is 0 Å². The van der Waals surface area contributed by atoms with Gasteiger partial charge in [-0.3, -0.25) is 4.79 Å². The molecule has 0 saturated heterocycles. The highest BCUT2D eigenvalue weighted by Crippen LogP contribution is 2.35. The summed E-state index contributed by atoms with van der Waals surface area (Å²) in [5.41, 5.74) is 7.86. The lowest BCUT2D eigenvalue weighted by atomic mass is 10.1. The average molecular weight is 355 g/mol. The number of nitrogen functional groups attached to an aromatic ring is 1. The van der Waals surface area contributed by atoms with Gasteiger partial charge in [-0.25, -0.2) is 9.61 Å². The molecule has 0 radical (unpaired) electrons. The zero-order valence-electron chi connectivity index (χ0n) is 13.4. The van der Waals surface area contributed by atoms with Crippen LogP contribution in [0.15, 0.2) is 28.9 Å². The van der Waals surface area contributed by atoms with Crippen LogP contribution in [0.2, 0.25) is 0 Å². The minimum Gasteiger partial charge on any atom is -0.497 e. The van der Waals surface area contributed by atoms with Gasteiger partial charge in [0.25, 0.3) is 5.91 Å². The summed E-state index contributed by atoms with van der Waals surface area (Å²) < 4.78 is 9.81. The maximum Gasteiger partial charge on any atom is 0.269 e. The van der Waals surface area contributed by atoms with Crippen molar-refractivity contribution in [3.63, 3.8) is 0 Å². The number of nitrogens with zero attached hydrogens (tertiary/aromatic N) is 3. The topological polar surface area (TPSA) is 116 Å². The van der Waals surface area contributed by atoms with Gasteiger partial charge in [0.15, 0.2) is 0 Å². The van der Waals surface area contributed by atoms with Crippen LogP contribution in [0.5, 0.6) is 5.75 Å². The molecule has 0 aliphatic carbocycles. The van der Waals surface area contributed by atoms with Crippen molar-refractivity contribution in [1.82, 2.24) is 15.3 Å². The molecule has 126 valence electrons. The predicted molar refractivity (Wildman–Crippen MR) is 95.1 cm³/mol. The van der Waals surface area contributed by atoms with Crippen molar-refractivity contribution in [2.24, 2.45) is 0 Å². The van der Waals surface area contributed by atoms with Crippen molar-refractivity contribution in [2.75, 3.05) is 18.2 Å². The van der Waals surface area contributed by atoms with Crippen molar-refractivity contribution in [3.8, 4) is 5.75 Å². The van der Waals surface area contributed by atoms with Gasteiger partial charge in [0.2, 0.25) is 5.82 Å². The molecule has 0 saturated carbocycles. The first kappa shape index (κ1) is 15.3. The lowest BCUT2D eigenvalue weighted by Gasteiger charge is -2.02. The number of ether oxygens (including phenoxy) is 1. The van der Waals surface area contributed by atoms with E-state index in [0.717, 1.165) is 22.0 Å². The van der Waals surface area contributed by atoms with Gasteiger partial charge in [0, 0.05) is 10.8 Å². The van der Waals surface area contributed by atoms with Gasteiger partial charge in [-0.05, 0) is 36.3 Å². The van der Waals surface area contributed by atoms with Crippen LogP contribution in [-0.2, 0) is 0 Å². The van der Waals surface area contributed by atoms with Crippen molar-refractivity contribution in [2.45, 2.75) is 6.92 Å². The molecular formula is C16H13N5O3S. The van der Waals surface area contributed by atoms with E-state index in [9.17, 15) is 4.79 Å². The smallest absolute Gasteiger partial charge is 0.269 e. The van der Waals surface area contributed by atoms with Crippen LogP contribution in [0.3, 0.4) is 0 Å². The number of anilines is 2. The Morgan fingerprint density at radius 1 is 1.32 bits per heavy atom. The summed E-state index contributed by atoms with van der Waals surface area (Å²) in [7, 11) is 1.61. The second kappa shape index (κ2) is 5.71. The van der Waals surface area contributed by atoms with Crippen LogP contribution >= 0.6 is 11.3 Å². The van der Waals surface area contributed by atoms with Gasteiger partial charge in [0.1, 0.15) is 21.2 Å². The number of amides is 1. The minimum atomic E-state index is -0.374. The summed E-state index contributed by atoms with van der Waals surface area (Å²) in [5, 5.41) is 11.5. The van der Waals surface area contributed by atoms with E-state index >= 15 is 0 Å². The Kier molecular flexibility index (Phi) is 3.50. The van der Waals surface area contributed by atoms with Crippen molar-refractivity contribution in [3.05, 3.63) is 34.8 Å². The Bertz CT molecular complexity index is 1120. The summed E-state index contributed by atoms with van der Waals surface area (Å²) in [6.07, 6.45) is 0. The first-order chi connectivity index (χ1) is 12.1. The van der Waals surface area contributed by atoms with E-state index in [4.69, 9.17) is 10.5 Å². The molecule has 0 atom stereocenters. The number of aryl methyl sites for hydroxylation is 1. The number of rotatable bonds is 3. The maximum atomic E-state index is 12.5. The molecule has 4 rings (SSSR count).